The van der Waals surface area contributed by atoms with Gasteiger partial charge in [-0.3, -0.25) is 19.3 Å². The number of nitrogens with zero attached hydrogens (tertiary/aromatic N) is 1. The molecule has 0 aromatic heterocycles. The first-order chi connectivity index (χ1) is 11.6. The van der Waals surface area contributed by atoms with Gasteiger partial charge in [0.2, 0.25) is 0 Å². The Morgan fingerprint density at radius 1 is 1.29 bits per heavy atom. The number of carbonyl (C=O) groups is 3. The molecule has 0 aliphatic carbocycles. The van der Waals surface area contributed by atoms with Gasteiger partial charge in [-0.2, -0.15) is 0 Å². The van der Waals surface area contributed by atoms with Crippen LogP contribution in [0, 0.1) is 0 Å². The third kappa shape index (κ3) is 3.19. The summed E-state index contributed by atoms with van der Waals surface area (Å²) in [6.07, 6.45) is 3.68. The molecule has 2 aliphatic rings. The van der Waals surface area contributed by atoms with Crippen molar-refractivity contribution in [3.05, 3.63) is 34.9 Å². The van der Waals surface area contributed by atoms with Crippen LogP contribution in [0.15, 0.2) is 18.2 Å². The van der Waals surface area contributed by atoms with Crippen molar-refractivity contribution in [3.63, 3.8) is 0 Å². The number of amides is 3. The molecule has 0 saturated carbocycles. The summed E-state index contributed by atoms with van der Waals surface area (Å²) in [6, 6.07) is 4.87. The van der Waals surface area contributed by atoms with E-state index in [0.29, 0.717) is 23.2 Å². The van der Waals surface area contributed by atoms with Crippen LogP contribution in [0.4, 0.5) is 0 Å². The van der Waals surface area contributed by atoms with Crippen LogP contribution in [-0.2, 0) is 0 Å². The summed E-state index contributed by atoms with van der Waals surface area (Å²) in [5.74, 6) is -0.747. The average molecular weight is 329 g/mol. The summed E-state index contributed by atoms with van der Waals surface area (Å²) < 4.78 is 0. The van der Waals surface area contributed by atoms with Crippen molar-refractivity contribution in [2.45, 2.75) is 38.6 Å². The Kier molecular flexibility index (Phi) is 4.94. The summed E-state index contributed by atoms with van der Waals surface area (Å²) in [5.41, 5.74) is 1.16. The Bertz CT molecular complexity index is 665. The zero-order valence-electron chi connectivity index (χ0n) is 13.9. The number of benzene rings is 1. The van der Waals surface area contributed by atoms with Gasteiger partial charge in [-0.05, 0) is 44.0 Å². The van der Waals surface area contributed by atoms with E-state index in [-0.39, 0.29) is 23.8 Å². The van der Waals surface area contributed by atoms with E-state index >= 15 is 0 Å². The highest BCUT2D eigenvalue weighted by Crippen LogP contribution is 2.24. The quantitative estimate of drug-likeness (QED) is 0.804. The van der Waals surface area contributed by atoms with Gasteiger partial charge in [0.1, 0.15) is 0 Å². The maximum Gasteiger partial charge on any atom is 0.261 e. The summed E-state index contributed by atoms with van der Waals surface area (Å²) in [6.45, 7) is 4.19. The van der Waals surface area contributed by atoms with Crippen LogP contribution in [0.5, 0.6) is 0 Å². The Morgan fingerprint density at radius 3 is 2.79 bits per heavy atom. The molecule has 1 atom stereocenters. The first-order valence-corrected chi connectivity index (χ1v) is 8.63. The lowest BCUT2D eigenvalue weighted by molar-refractivity contribution is 0.0652. The molecule has 1 aromatic rings. The fourth-order valence-corrected chi connectivity index (χ4v) is 3.20. The van der Waals surface area contributed by atoms with Gasteiger partial charge in [0.05, 0.1) is 11.1 Å². The van der Waals surface area contributed by atoms with Crippen molar-refractivity contribution < 1.29 is 14.4 Å². The van der Waals surface area contributed by atoms with Crippen molar-refractivity contribution >= 4 is 17.7 Å². The van der Waals surface area contributed by atoms with E-state index in [1.165, 1.54) is 4.90 Å². The van der Waals surface area contributed by atoms with E-state index in [0.717, 1.165) is 38.8 Å². The lowest BCUT2D eigenvalue weighted by atomic mass is 10.0. The van der Waals surface area contributed by atoms with Gasteiger partial charge in [-0.1, -0.05) is 13.3 Å². The second-order valence-corrected chi connectivity index (χ2v) is 6.39. The molecule has 2 heterocycles. The number of unbranched alkanes of at least 4 members (excludes halogenated alkanes) is 1. The SMILES string of the molecule is CCCCN1C(=O)c2ccc(C(=O)NC3CCCNC3)cc2C1=O. The highest BCUT2D eigenvalue weighted by atomic mass is 16.2. The van der Waals surface area contributed by atoms with Crippen LogP contribution in [0.25, 0.3) is 0 Å². The van der Waals surface area contributed by atoms with Crippen LogP contribution in [-0.4, -0.2) is 48.3 Å². The zero-order valence-corrected chi connectivity index (χ0v) is 13.9. The summed E-state index contributed by atoms with van der Waals surface area (Å²) in [4.78, 5) is 38.4. The summed E-state index contributed by atoms with van der Waals surface area (Å²) in [5, 5.41) is 6.24. The minimum absolute atomic E-state index is 0.109. The average Bonchev–Trinajstić information content (AvgIpc) is 2.84. The highest BCUT2D eigenvalue weighted by molar-refractivity contribution is 6.22. The molecule has 6 nitrogen and oxygen atoms in total. The molecular weight excluding hydrogens is 306 g/mol. The van der Waals surface area contributed by atoms with E-state index in [1.807, 2.05) is 6.92 Å². The molecule has 24 heavy (non-hydrogen) atoms. The number of hydrogen-bond acceptors (Lipinski definition) is 4. The molecular formula is C18H23N3O3. The van der Waals surface area contributed by atoms with Gasteiger partial charge >= 0.3 is 0 Å². The monoisotopic (exact) mass is 329 g/mol. The second-order valence-electron chi connectivity index (χ2n) is 6.39. The smallest absolute Gasteiger partial charge is 0.261 e. The Hall–Kier alpha value is -2.21. The van der Waals surface area contributed by atoms with Gasteiger partial charge in [0, 0.05) is 24.7 Å². The number of hydrogen-bond donors (Lipinski definition) is 2. The van der Waals surface area contributed by atoms with Crippen molar-refractivity contribution in [2.75, 3.05) is 19.6 Å². The third-order valence-corrected chi connectivity index (χ3v) is 4.60. The molecule has 1 fully saturated rings. The fraction of sp³-hybridized carbons (Fsp3) is 0.500. The number of piperidine rings is 1. The van der Waals surface area contributed by atoms with Crippen LogP contribution in [0.3, 0.4) is 0 Å². The number of carbonyl (C=O) groups excluding carboxylic acids is 3. The lowest BCUT2D eigenvalue weighted by Gasteiger charge is -2.23. The largest absolute Gasteiger partial charge is 0.348 e. The summed E-state index contributed by atoms with van der Waals surface area (Å²) >= 11 is 0. The molecule has 1 unspecified atom stereocenters. The number of imide groups is 1. The maximum absolute atomic E-state index is 12.4. The molecule has 1 saturated heterocycles. The molecule has 3 amide bonds. The van der Waals surface area contributed by atoms with Gasteiger partial charge in [-0.15, -0.1) is 0 Å². The molecule has 0 radical (unpaired) electrons. The zero-order chi connectivity index (χ0) is 17.1. The Morgan fingerprint density at radius 2 is 2.08 bits per heavy atom. The maximum atomic E-state index is 12.4. The highest BCUT2D eigenvalue weighted by Gasteiger charge is 2.35. The van der Waals surface area contributed by atoms with Crippen molar-refractivity contribution in [1.82, 2.24) is 15.5 Å². The lowest BCUT2D eigenvalue weighted by Crippen LogP contribution is -2.45. The fourth-order valence-electron chi connectivity index (χ4n) is 3.20. The van der Waals surface area contributed by atoms with Gasteiger partial charge in [-0.25, -0.2) is 0 Å². The molecule has 1 aromatic carbocycles. The van der Waals surface area contributed by atoms with Gasteiger partial charge in [0.25, 0.3) is 17.7 Å². The Balaban J connectivity index is 1.75. The molecule has 0 spiro atoms. The van der Waals surface area contributed by atoms with E-state index in [4.69, 9.17) is 0 Å². The van der Waals surface area contributed by atoms with Crippen molar-refractivity contribution in [1.29, 1.82) is 0 Å². The van der Waals surface area contributed by atoms with Crippen LogP contribution in [0.1, 0.15) is 63.7 Å². The van der Waals surface area contributed by atoms with Crippen LogP contribution < -0.4 is 10.6 Å². The standard InChI is InChI=1S/C18H23N3O3/c1-2-3-9-21-17(23)14-7-6-12(10-15(14)18(21)24)16(22)20-13-5-4-8-19-11-13/h6-7,10,13,19H,2-5,8-9,11H2,1H3,(H,20,22). The van der Waals surface area contributed by atoms with E-state index < -0.39 is 0 Å². The van der Waals surface area contributed by atoms with Crippen molar-refractivity contribution in [3.8, 4) is 0 Å². The first kappa shape index (κ1) is 16.6. The molecule has 128 valence electrons. The van der Waals surface area contributed by atoms with E-state index in [9.17, 15) is 14.4 Å². The number of rotatable bonds is 5. The molecule has 2 aliphatic heterocycles. The minimum atomic E-state index is -0.294. The molecule has 3 rings (SSSR count). The minimum Gasteiger partial charge on any atom is -0.348 e. The molecule has 0 bridgehead atoms. The normalized spacial score (nSPS) is 20.2. The van der Waals surface area contributed by atoms with Crippen molar-refractivity contribution in [2.24, 2.45) is 0 Å². The van der Waals surface area contributed by atoms with Gasteiger partial charge < -0.3 is 10.6 Å². The van der Waals surface area contributed by atoms with E-state index in [1.54, 1.807) is 18.2 Å². The predicted octanol–water partition coefficient (Wildman–Crippen LogP) is 1.56. The topological polar surface area (TPSA) is 78.5 Å². The van der Waals surface area contributed by atoms with Crippen LogP contribution in [0.2, 0.25) is 0 Å². The Labute approximate surface area is 141 Å². The predicted molar refractivity (Wildman–Crippen MR) is 90.1 cm³/mol. The van der Waals surface area contributed by atoms with Gasteiger partial charge in [0.15, 0.2) is 0 Å². The molecule has 2 N–H and O–H groups in total. The van der Waals surface area contributed by atoms with E-state index in [2.05, 4.69) is 10.6 Å². The number of fused-ring (bicyclic) bond motifs is 1. The molecule has 6 heteroatoms. The number of nitrogens with one attached hydrogen (secondary N) is 2. The summed E-state index contributed by atoms with van der Waals surface area (Å²) in [7, 11) is 0. The van der Waals surface area contributed by atoms with Crippen LogP contribution >= 0.6 is 0 Å². The second kappa shape index (κ2) is 7.13. The third-order valence-electron chi connectivity index (χ3n) is 4.60. The first-order valence-electron chi connectivity index (χ1n) is 8.63.